The fraction of sp³-hybridized carbons (Fsp3) is 0.846. The maximum atomic E-state index is 11.5. The van der Waals surface area contributed by atoms with E-state index in [9.17, 15) is 8.42 Å². The molecular weight excluding hydrogens is 234 g/mol. The van der Waals surface area contributed by atoms with Crippen molar-refractivity contribution in [3.63, 3.8) is 0 Å². The number of nitrogens with one attached hydrogen (secondary N) is 1. The van der Waals surface area contributed by atoms with Crippen LogP contribution in [0.4, 0.5) is 0 Å². The van der Waals surface area contributed by atoms with Crippen molar-refractivity contribution in [1.82, 2.24) is 5.32 Å². The first-order chi connectivity index (χ1) is 8.02. The first-order valence-corrected chi connectivity index (χ1v) is 8.34. The van der Waals surface area contributed by atoms with E-state index in [0.29, 0.717) is 6.54 Å². The average Bonchev–Trinajstić information content (AvgIpc) is 2.29. The third kappa shape index (κ3) is 5.68. The molecular formula is C13H25NO2S. The quantitative estimate of drug-likeness (QED) is 0.563. The van der Waals surface area contributed by atoms with Crippen molar-refractivity contribution in [1.29, 1.82) is 0 Å². The van der Waals surface area contributed by atoms with Gasteiger partial charge in [0.25, 0.3) is 0 Å². The Morgan fingerprint density at radius 1 is 1.29 bits per heavy atom. The highest BCUT2D eigenvalue weighted by Gasteiger charge is 2.14. The molecule has 1 rings (SSSR count). The Balaban J connectivity index is 2.10. The lowest BCUT2D eigenvalue weighted by atomic mass is 9.97. The lowest BCUT2D eigenvalue weighted by Gasteiger charge is -2.13. The zero-order chi connectivity index (χ0) is 12.7. The first-order valence-electron chi connectivity index (χ1n) is 6.62. The monoisotopic (exact) mass is 259 g/mol. The van der Waals surface area contributed by atoms with Gasteiger partial charge in [0.1, 0.15) is 0 Å². The van der Waals surface area contributed by atoms with Gasteiger partial charge in [0.15, 0.2) is 9.84 Å². The van der Waals surface area contributed by atoms with Crippen molar-refractivity contribution < 1.29 is 8.42 Å². The summed E-state index contributed by atoms with van der Waals surface area (Å²) in [5.41, 5.74) is 1.54. The third-order valence-electron chi connectivity index (χ3n) is 3.29. The molecule has 0 aromatic rings. The summed E-state index contributed by atoms with van der Waals surface area (Å²) >= 11 is 0. The molecule has 0 aliphatic heterocycles. The summed E-state index contributed by atoms with van der Waals surface area (Å²) in [6.07, 6.45) is 8.50. The summed E-state index contributed by atoms with van der Waals surface area (Å²) < 4.78 is 23.1. The lowest BCUT2D eigenvalue weighted by Crippen LogP contribution is -2.28. The largest absolute Gasteiger partial charge is 0.315 e. The average molecular weight is 259 g/mol. The topological polar surface area (TPSA) is 46.2 Å². The van der Waals surface area contributed by atoms with Crippen molar-refractivity contribution in [2.45, 2.75) is 51.2 Å². The second-order valence-corrected chi connectivity index (χ2v) is 7.70. The Morgan fingerprint density at radius 3 is 2.65 bits per heavy atom. The second kappa shape index (κ2) is 7.17. The lowest BCUT2D eigenvalue weighted by molar-refractivity contribution is 0.581. The minimum absolute atomic E-state index is 0.254. The molecule has 0 atom stereocenters. The molecule has 0 fully saturated rings. The highest BCUT2D eigenvalue weighted by molar-refractivity contribution is 7.92. The molecule has 0 saturated carbocycles. The van der Waals surface area contributed by atoms with E-state index in [1.807, 2.05) is 0 Å². The predicted octanol–water partition coefficient (Wildman–Crippen LogP) is 2.29. The van der Waals surface area contributed by atoms with E-state index in [2.05, 4.69) is 11.4 Å². The van der Waals surface area contributed by atoms with Gasteiger partial charge >= 0.3 is 0 Å². The van der Waals surface area contributed by atoms with Gasteiger partial charge in [0, 0.05) is 6.54 Å². The van der Waals surface area contributed by atoms with E-state index >= 15 is 0 Å². The SMILES string of the molecule is CC(C)S(=O)(=O)CCNCCC1=CCCCC1. The number of hydrogen-bond donors (Lipinski definition) is 1. The Hall–Kier alpha value is -0.350. The zero-order valence-electron chi connectivity index (χ0n) is 11.0. The standard InChI is InChI=1S/C13H25NO2S/c1-12(2)17(15,16)11-10-14-9-8-13-6-4-3-5-7-13/h6,12,14H,3-5,7-11H2,1-2H3. The summed E-state index contributed by atoms with van der Waals surface area (Å²) in [7, 11) is -2.88. The molecule has 17 heavy (non-hydrogen) atoms. The molecule has 3 nitrogen and oxygen atoms in total. The van der Waals surface area contributed by atoms with Gasteiger partial charge in [-0.1, -0.05) is 11.6 Å². The molecule has 0 bridgehead atoms. The summed E-state index contributed by atoms with van der Waals surface area (Å²) in [6.45, 7) is 4.96. The molecule has 1 aliphatic rings. The minimum atomic E-state index is -2.88. The van der Waals surface area contributed by atoms with Crippen molar-refractivity contribution in [3.8, 4) is 0 Å². The van der Waals surface area contributed by atoms with Crippen LogP contribution in [0.5, 0.6) is 0 Å². The molecule has 0 saturated heterocycles. The Kier molecular flexibility index (Phi) is 6.20. The van der Waals surface area contributed by atoms with E-state index in [-0.39, 0.29) is 11.0 Å². The molecule has 0 heterocycles. The molecule has 0 aromatic heterocycles. The minimum Gasteiger partial charge on any atom is -0.315 e. The van der Waals surface area contributed by atoms with Crippen molar-refractivity contribution in [2.24, 2.45) is 0 Å². The van der Waals surface area contributed by atoms with Crippen molar-refractivity contribution in [2.75, 3.05) is 18.8 Å². The van der Waals surface area contributed by atoms with Crippen LogP contribution < -0.4 is 5.32 Å². The molecule has 0 spiro atoms. The fourth-order valence-corrected chi connectivity index (χ4v) is 2.86. The zero-order valence-corrected chi connectivity index (χ0v) is 11.9. The van der Waals surface area contributed by atoms with Crippen LogP contribution in [-0.2, 0) is 9.84 Å². The van der Waals surface area contributed by atoms with E-state index in [1.54, 1.807) is 13.8 Å². The fourth-order valence-electron chi connectivity index (χ4n) is 1.96. The van der Waals surface area contributed by atoms with Gasteiger partial charge in [-0.3, -0.25) is 0 Å². The van der Waals surface area contributed by atoms with Crippen LogP contribution in [0.2, 0.25) is 0 Å². The van der Waals surface area contributed by atoms with Crippen LogP contribution in [0.25, 0.3) is 0 Å². The van der Waals surface area contributed by atoms with Gasteiger partial charge < -0.3 is 5.32 Å². The van der Waals surface area contributed by atoms with Gasteiger partial charge in [-0.15, -0.1) is 0 Å². The molecule has 1 N–H and O–H groups in total. The highest BCUT2D eigenvalue weighted by atomic mass is 32.2. The normalized spacial score (nSPS) is 17.2. The second-order valence-electron chi connectivity index (χ2n) is 5.02. The van der Waals surface area contributed by atoms with Gasteiger partial charge in [0.05, 0.1) is 11.0 Å². The number of allylic oxidation sites excluding steroid dienone is 1. The summed E-state index contributed by atoms with van der Waals surface area (Å²) in [5, 5.41) is 2.96. The van der Waals surface area contributed by atoms with Gasteiger partial charge in [-0.05, 0) is 52.5 Å². The van der Waals surface area contributed by atoms with Gasteiger partial charge in [-0.25, -0.2) is 8.42 Å². The molecule has 0 radical (unpaired) electrons. The molecule has 0 unspecified atom stereocenters. The van der Waals surface area contributed by atoms with Crippen molar-refractivity contribution >= 4 is 9.84 Å². The summed E-state index contributed by atoms with van der Waals surface area (Å²) in [5.74, 6) is 0.254. The molecule has 0 amide bonds. The predicted molar refractivity (Wildman–Crippen MR) is 73.0 cm³/mol. The van der Waals surface area contributed by atoms with Gasteiger partial charge in [-0.2, -0.15) is 0 Å². The molecule has 100 valence electrons. The molecule has 0 aromatic carbocycles. The van der Waals surface area contributed by atoms with Gasteiger partial charge in [0.2, 0.25) is 0 Å². The first kappa shape index (κ1) is 14.7. The maximum Gasteiger partial charge on any atom is 0.153 e. The highest BCUT2D eigenvalue weighted by Crippen LogP contribution is 2.19. The van der Waals surface area contributed by atoms with E-state index in [4.69, 9.17) is 0 Å². The Labute approximate surface area is 106 Å². The van der Waals surface area contributed by atoms with E-state index in [0.717, 1.165) is 13.0 Å². The van der Waals surface area contributed by atoms with Crippen LogP contribution >= 0.6 is 0 Å². The Morgan fingerprint density at radius 2 is 2.06 bits per heavy atom. The summed E-state index contributed by atoms with van der Waals surface area (Å²) in [4.78, 5) is 0. The molecule has 4 heteroatoms. The third-order valence-corrected chi connectivity index (χ3v) is 5.50. The summed E-state index contributed by atoms with van der Waals surface area (Å²) in [6, 6.07) is 0. The number of sulfone groups is 1. The number of hydrogen-bond acceptors (Lipinski definition) is 3. The van der Waals surface area contributed by atoms with Crippen LogP contribution in [0.3, 0.4) is 0 Å². The smallest absolute Gasteiger partial charge is 0.153 e. The van der Waals surface area contributed by atoms with E-state index < -0.39 is 9.84 Å². The van der Waals surface area contributed by atoms with Crippen LogP contribution in [0.1, 0.15) is 46.0 Å². The van der Waals surface area contributed by atoms with Crippen LogP contribution in [-0.4, -0.2) is 32.5 Å². The van der Waals surface area contributed by atoms with Crippen LogP contribution in [0.15, 0.2) is 11.6 Å². The number of rotatable bonds is 7. The van der Waals surface area contributed by atoms with E-state index in [1.165, 1.54) is 31.3 Å². The van der Waals surface area contributed by atoms with Crippen molar-refractivity contribution in [3.05, 3.63) is 11.6 Å². The Bertz CT molecular complexity index is 344. The molecule has 1 aliphatic carbocycles. The van der Waals surface area contributed by atoms with Crippen LogP contribution in [0, 0.1) is 0 Å². The maximum absolute atomic E-state index is 11.5.